The number of ketones is 1. The van der Waals surface area contributed by atoms with Gasteiger partial charge in [-0.25, -0.2) is 0 Å². The number of rotatable bonds is 7. The number of esters is 1. The summed E-state index contributed by atoms with van der Waals surface area (Å²) in [5, 5.41) is 21.2. The van der Waals surface area contributed by atoms with E-state index in [4.69, 9.17) is 9.47 Å². The lowest BCUT2D eigenvalue weighted by Crippen LogP contribution is -2.63. The summed E-state index contributed by atoms with van der Waals surface area (Å²) in [5.41, 5.74) is -1.25. The molecule has 184 valence electrons. The number of ether oxygens (including phenoxy) is 2. The summed E-state index contributed by atoms with van der Waals surface area (Å²) in [5.74, 6) is 0.0695. The van der Waals surface area contributed by atoms with Crippen LogP contribution in [0.15, 0.2) is 0 Å². The summed E-state index contributed by atoms with van der Waals surface area (Å²) in [4.78, 5) is 28.3. The molecule has 0 aromatic heterocycles. The zero-order valence-corrected chi connectivity index (χ0v) is 20.7. The predicted molar refractivity (Wildman–Crippen MR) is 121 cm³/mol. The van der Waals surface area contributed by atoms with Crippen molar-refractivity contribution in [2.24, 2.45) is 40.4 Å². The van der Waals surface area contributed by atoms with Crippen LogP contribution in [0.1, 0.15) is 59.3 Å². The standard InChI is InChI=1S/C25H43NO6/c1-15-16(13-21(29)32-12-11-26(4)5)7-8-17-22(15)18(27)14-19-24(17,2)10-9-20(28)25(19,3)23(30)31-6/h15-17,19-22,28-29H,7-14H2,1-6H3/t15?,16?,17?,19-,20?,21?,22+,24-,25+/m1/s1. The number of aliphatic hydroxyl groups excluding tert-OH is 2. The Morgan fingerprint density at radius 2 is 1.94 bits per heavy atom. The SMILES string of the molecule is COC(=O)[C@]1(C)C(O)CC[C@]2(C)C3CCC(CC(O)OCCN(C)C)C(C)[C@@H]3C(=O)C[C@H]21. The molecule has 0 saturated heterocycles. The van der Waals surface area contributed by atoms with E-state index in [2.05, 4.69) is 13.8 Å². The van der Waals surface area contributed by atoms with Crippen molar-refractivity contribution in [2.75, 3.05) is 34.4 Å². The highest BCUT2D eigenvalue weighted by Gasteiger charge is 2.65. The molecule has 7 heteroatoms. The first-order valence-electron chi connectivity index (χ1n) is 12.2. The van der Waals surface area contributed by atoms with Gasteiger partial charge in [0.2, 0.25) is 0 Å². The first-order valence-corrected chi connectivity index (χ1v) is 12.2. The third kappa shape index (κ3) is 4.38. The summed E-state index contributed by atoms with van der Waals surface area (Å²) < 4.78 is 10.7. The fourth-order valence-electron chi connectivity index (χ4n) is 7.35. The van der Waals surface area contributed by atoms with Crippen LogP contribution in [-0.4, -0.2) is 73.6 Å². The molecule has 7 nitrogen and oxygen atoms in total. The van der Waals surface area contributed by atoms with Crippen LogP contribution in [0.3, 0.4) is 0 Å². The van der Waals surface area contributed by atoms with Gasteiger partial charge < -0.3 is 24.6 Å². The number of carbonyl (C=O) groups excluding carboxylic acids is 2. The molecule has 0 radical (unpaired) electrons. The third-order valence-corrected chi connectivity index (χ3v) is 9.36. The zero-order valence-electron chi connectivity index (χ0n) is 20.7. The molecule has 0 amide bonds. The Kier molecular flexibility index (Phi) is 7.75. The van der Waals surface area contributed by atoms with E-state index in [1.807, 2.05) is 19.0 Å². The molecule has 0 aliphatic heterocycles. The van der Waals surface area contributed by atoms with Gasteiger partial charge >= 0.3 is 5.97 Å². The van der Waals surface area contributed by atoms with Gasteiger partial charge in [-0.2, -0.15) is 0 Å². The highest BCUT2D eigenvalue weighted by Crippen LogP contribution is 2.64. The smallest absolute Gasteiger partial charge is 0.314 e. The quantitative estimate of drug-likeness (QED) is 0.452. The van der Waals surface area contributed by atoms with E-state index in [9.17, 15) is 19.8 Å². The summed E-state index contributed by atoms with van der Waals surface area (Å²) in [6, 6.07) is 0. The van der Waals surface area contributed by atoms with Gasteiger partial charge in [-0.1, -0.05) is 13.8 Å². The van der Waals surface area contributed by atoms with Crippen molar-refractivity contribution in [3.05, 3.63) is 0 Å². The Morgan fingerprint density at radius 3 is 2.56 bits per heavy atom. The fourth-order valence-corrected chi connectivity index (χ4v) is 7.35. The molecular formula is C25H43NO6. The molecule has 3 saturated carbocycles. The number of hydrogen-bond acceptors (Lipinski definition) is 7. The Labute approximate surface area is 192 Å². The summed E-state index contributed by atoms with van der Waals surface area (Å²) in [6.07, 6.45) is 2.44. The lowest BCUT2D eigenvalue weighted by atomic mass is 9.42. The first-order chi connectivity index (χ1) is 15.0. The second kappa shape index (κ2) is 9.69. The van der Waals surface area contributed by atoms with Crippen molar-refractivity contribution in [3.8, 4) is 0 Å². The number of aliphatic hydroxyl groups is 2. The molecule has 0 heterocycles. The van der Waals surface area contributed by atoms with Gasteiger partial charge in [0.25, 0.3) is 0 Å². The van der Waals surface area contributed by atoms with Crippen LogP contribution in [0.2, 0.25) is 0 Å². The molecule has 3 aliphatic carbocycles. The molecule has 0 spiro atoms. The average molecular weight is 454 g/mol. The van der Waals surface area contributed by atoms with Crippen LogP contribution in [0.25, 0.3) is 0 Å². The van der Waals surface area contributed by atoms with E-state index in [0.717, 1.165) is 25.8 Å². The molecule has 3 fully saturated rings. The van der Waals surface area contributed by atoms with E-state index in [1.54, 1.807) is 6.92 Å². The van der Waals surface area contributed by atoms with Gasteiger partial charge in [0, 0.05) is 25.3 Å². The van der Waals surface area contributed by atoms with Crippen LogP contribution < -0.4 is 0 Å². The van der Waals surface area contributed by atoms with Gasteiger partial charge in [0.05, 0.1) is 25.2 Å². The minimum atomic E-state index is -1.06. The summed E-state index contributed by atoms with van der Waals surface area (Å²) in [7, 11) is 5.30. The maximum atomic E-state index is 13.5. The molecule has 0 aromatic rings. The molecule has 3 aliphatic rings. The van der Waals surface area contributed by atoms with Gasteiger partial charge in [-0.3, -0.25) is 9.59 Å². The van der Waals surface area contributed by atoms with Crippen molar-refractivity contribution < 1.29 is 29.3 Å². The van der Waals surface area contributed by atoms with Crippen LogP contribution >= 0.6 is 0 Å². The number of nitrogens with zero attached hydrogens (tertiary/aromatic N) is 1. The topological polar surface area (TPSA) is 96.3 Å². The van der Waals surface area contributed by atoms with Crippen molar-refractivity contribution >= 4 is 11.8 Å². The molecular weight excluding hydrogens is 410 g/mol. The van der Waals surface area contributed by atoms with Crippen molar-refractivity contribution in [3.63, 3.8) is 0 Å². The van der Waals surface area contributed by atoms with E-state index in [-0.39, 0.29) is 40.8 Å². The van der Waals surface area contributed by atoms with Gasteiger partial charge in [0.1, 0.15) is 5.78 Å². The minimum absolute atomic E-state index is 0.0684. The van der Waals surface area contributed by atoms with Gasteiger partial charge in [0.15, 0.2) is 6.29 Å². The zero-order chi connectivity index (χ0) is 23.8. The Balaban J connectivity index is 1.77. The van der Waals surface area contributed by atoms with Gasteiger partial charge in [-0.15, -0.1) is 0 Å². The predicted octanol–water partition coefficient (Wildman–Crippen LogP) is 2.48. The summed E-state index contributed by atoms with van der Waals surface area (Å²) in [6.45, 7) is 7.39. The monoisotopic (exact) mass is 453 g/mol. The molecule has 3 rings (SSSR count). The van der Waals surface area contributed by atoms with E-state index in [0.29, 0.717) is 25.9 Å². The van der Waals surface area contributed by atoms with Crippen molar-refractivity contribution in [1.82, 2.24) is 4.90 Å². The number of methoxy groups -OCH3 is 1. The molecule has 9 atom stereocenters. The maximum Gasteiger partial charge on any atom is 0.314 e. The second-order valence-corrected chi connectivity index (χ2v) is 11.3. The third-order valence-electron chi connectivity index (χ3n) is 9.36. The maximum absolute atomic E-state index is 13.5. The van der Waals surface area contributed by atoms with Crippen molar-refractivity contribution in [2.45, 2.75) is 71.7 Å². The molecule has 0 aromatic carbocycles. The molecule has 0 bridgehead atoms. The minimum Gasteiger partial charge on any atom is -0.469 e. The van der Waals surface area contributed by atoms with E-state index in [1.165, 1.54) is 7.11 Å². The fraction of sp³-hybridized carbons (Fsp3) is 0.920. The molecule has 2 N–H and O–H groups in total. The Bertz CT molecular complexity index is 698. The van der Waals surface area contributed by atoms with Crippen LogP contribution in [-0.2, 0) is 19.1 Å². The molecule has 5 unspecified atom stereocenters. The Hall–Kier alpha value is -1.02. The van der Waals surface area contributed by atoms with E-state index < -0.39 is 23.8 Å². The normalized spacial score (nSPS) is 42.8. The number of Topliss-reactive ketones (excluding diaryl/α,β-unsaturated/α-hetero) is 1. The average Bonchev–Trinajstić information content (AvgIpc) is 2.73. The summed E-state index contributed by atoms with van der Waals surface area (Å²) >= 11 is 0. The van der Waals surface area contributed by atoms with Crippen LogP contribution in [0, 0.1) is 40.4 Å². The van der Waals surface area contributed by atoms with Crippen molar-refractivity contribution in [1.29, 1.82) is 0 Å². The highest BCUT2D eigenvalue weighted by molar-refractivity contribution is 5.86. The number of fused-ring (bicyclic) bond motifs is 3. The highest BCUT2D eigenvalue weighted by atomic mass is 16.6. The van der Waals surface area contributed by atoms with Crippen LogP contribution in [0.4, 0.5) is 0 Å². The number of carbonyl (C=O) groups is 2. The second-order valence-electron chi connectivity index (χ2n) is 11.3. The first kappa shape index (κ1) is 25.6. The lowest BCUT2D eigenvalue weighted by Gasteiger charge is -2.62. The number of hydrogen-bond donors (Lipinski definition) is 2. The van der Waals surface area contributed by atoms with Gasteiger partial charge in [-0.05, 0) is 75.8 Å². The molecule has 32 heavy (non-hydrogen) atoms. The lowest BCUT2D eigenvalue weighted by molar-refractivity contribution is -0.202. The van der Waals surface area contributed by atoms with Crippen LogP contribution in [0.5, 0.6) is 0 Å². The number of likely N-dealkylation sites (N-methyl/N-ethyl adjacent to an activating group) is 1. The van der Waals surface area contributed by atoms with E-state index >= 15 is 0 Å². The Morgan fingerprint density at radius 1 is 1.25 bits per heavy atom. The largest absolute Gasteiger partial charge is 0.469 e.